The first-order valence-electron chi connectivity index (χ1n) is 11.1. The van der Waals surface area contributed by atoms with Crippen LogP contribution in [0.2, 0.25) is 0 Å². The van der Waals surface area contributed by atoms with Gasteiger partial charge in [0, 0.05) is 50.6 Å². The summed E-state index contributed by atoms with van der Waals surface area (Å²) in [6.07, 6.45) is 4.12. The van der Waals surface area contributed by atoms with Crippen LogP contribution in [0.1, 0.15) is 29.5 Å². The van der Waals surface area contributed by atoms with Crippen molar-refractivity contribution in [1.29, 1.82) is 0 Å². The number of hydrogen-bond donors (Lipinski definition) is 0. The zero-order valence-corrected chi connectivity index (χ0v) is 19.5. The number of ether oxygens (including phenoxy) is 1. The first kappa shape index (κ1) is 22.6. The molecule has 0 aliphatic carbocycles. The standard InChI is InChI=1S/C27H29N3O3/c1-5-32-18-20-10-9-19(2)21(12-20)15-26-28-17-25(33-26)22-13-23(29(3)4)16-24(14-22)30-11-7-6-8-27(30)31/h6-14,16-17H,5,15,18H2,1-4H3. The minimum Gasteiger partial charge on any atom is -0.440 e. The lowest BCUT2D eigenvalue weighted by molar-refractivity contribution is 0.134. The van der Waals surface area contributed by atoms with Gasteiger partial charge < -0.3 is 14.1 Å². The first-order valence-corrected chi connectivity index (χ1v) is 11.1. The molecule has 0 unspecified atom stereocenters. The molecule has 0 aliphatic rings. The maximum absolute atomic E-state index is 12.4. The van der Waals surface area contributed by atoms with E-state index in [-0.39, 0.29) is 5.56 Å². The van der Waals surface area contributed by atoms with Crippen molar-refractivity contribution in [3.8, 4) is 17.0 Å². The quantitative estimate of drug-likeness (QED) is 0.384. The van der Waals surface area contributed by atoms with Gasteiger partial charge in [0.15, 0.2) is 11.7 Å². The van der Waals surface area contributed by atoms with Crippen molar-refractivity contribution < 1.29 is 9.15 Å². The van der Waals surface area contributed by atoms with Gasteiger partial charge in [0.2, 0.25) is 0 Å². The molecule has 4 rings (SSSR count). The molecule has 6 nitrogen and oxygen atoms in total. The van der Waals surface area contributed by atoms with Gasteiger partial charge in [0.05, 0.1) is 18.5 Å². The summed E-state index contributed by atoms with van der Waals surface area (Å²) in [5.74, 6) is 1.32. The van der Waals surface area contributed by atoms with Gasteiger partial charge in [-0.25, -0.2) is 4.98 Å². The molecule has 33 heavy (non-hydrogen) atoms. The molecule has 0 N–H and O–H groups in total. The van der Waals surface area contributed by atoms with Crippen molar-refractivity contribution >= 4 is 5.69 Å². The van der Waals surface area contributed by atoms with Crippen LogP contribution in [-0.2, 0) is 17.8 Å². The SMILES string of the molecule is CCOCc1ccc(C)c(Cc2ncc(-c3cc(N(C)C)cc(-n4ccccc4=O)c3)o2)c1. The molecule has 2 aromatic heterocycles. The van der Waals surface area contributed by atoms with Gasteiger partial charge in [0.1, 0.15) is 0 Å². The van der Waals surface area contributed by atoms with Crippen LogP contribution in [0, 0.1) is 6.92 Å². The predicted octanol–water partition coefficient (Wildman–Crippen LogP) is 4.99. The van der Waals surface area contributed by atoms with E-state index in [9.17, 15) is 4.79 Å². The van der Waals surface area contributed by atoms with Crippen molar-refractivity contribution in [3.05, 3.63) is 99.9 Å². The fourth-order valence-corrected chi connectivity index (χ4v) is 3.69. The lowest BCUT2D eigenvalue weighted by Crippen LogP contribution is -2.16. The molecule has 0 radical (unpaired) electrons. The van der Waals surface area contributed by atoms with Crippen LogP contribution in [0.3, 0.4) is 0 Å². The lowest BCUT2D eigenvalue weighted by Gasteiger charge is -2.16. The molecule has 4 aromatic rings. The maximum atomic E-state index is 12.4. The molecule has 2 aromatic carbocycles. The third-order valence-corrected chi connectivity index (χ3v) is 5.59. The van der Waals surface area contributed by atoms with Gasteiger partial charge in [-0.3, -0.25) is 9.36 Å². The zero-order valence-electron chi connectivity index (χ0n) is 19.5. The minimum absolute atomic E-state index is 0.0833. The number of hydrogen-bond acceptors (Lipinski definition) is 5. The Morgan fingerprint density at radius 2 is 1.94 bits per heavy atom. The number of anilines is 1. The van der Waals surface area contributed by atoms with Crippen LogP contribution in [0.5, 0.6) is 0 Å². The van der Waals surface area contributed by atoms with Crippen LogP contribution in [-0.4, -0.2) is 30.3 Å². The second kappa shape index (κ2) is 9.88. The molecule has 170 valence electrons. The Morgan fingerprint density at radius 1 is 1.09 bits per heavy atom. The minimum atomic E-state index is -0.0833. The smallest absolute Gasteiger partial charge is 0.255 e. The Labute approximate surface area is 194 Å². The van der Waals surface area contributed by atoms with Gasteiger partial charge in [-0.1, -0.05) is 24.3 Å². The number of aromatic nitrogens is 2. The third kappa shape index (κ3) is 5.23. The van der Waals surface area contributed by atoms with E-state index in [4.69, 9.17) is 9.15 Å². The summed E-state index contributed by atoms with van der Waals surface area (Å²) >= 11 is 0. The molecule has 0 spiro atoms. The Morgan fingerprint density at radius 3 is 2.70 bits per heavy atom. The van der Waals surface area contributed by atoms with Crippen LogP contribution in [0.25, 0.3) is 17.0 Å². The maximum Gasteiger partial charge on any atom is 0.255 e. The number of oxazole rings is 1. The van der Waals surface area contributed by atoms with Crippen molar-refractivity contribution in [1.82, 2.24) is 9.55 Å². The zero-order chi connectivity index (χ0) is 23.4. The summed E-state index contributed by atoms with van der Waals surface area (Å²) in [6, 6.07) is 17.5. The van der Waals surface area contributed by atoms with E-state index in [0.717, 1.165) is 22.5 Å². The predicted molar refractivity (Wildman–Crippen MR) is 131 cm³/mol. The summed E-state index contributed by atoms with van der Waals surface area (Å²) in [7, 11) is 3.95. The molecular formula is C27H29N3O3. The molecule has 0 bridgehead atoms. The van der Waals surface area contributed by atoms with Gasteiger partial charge in [-0.15, -0.1) is 0 Å². The average Bonchev–Trinajstić information content (AvgIpc) is 3.28. The number of benzene rings is 2. The summed E-state index contributed by atoms with van der Waals surface area (Å²) in [5.41, 5.74) is 6.03. The van der Waals surface area contributed by atoms with Gasteiger partial charge >= 0.3 is 0 Å². The van der Waals surface area contributed by atoms with E-state index >= 15 is 0 Å². The largest absolute Gasteiger partial charge is 0.440 e. The summed E-state index contributed by atoms with van der Waals surface area (Å²) in [4.78, 5) is 18.9. The van der Waals surface area contributed by atoms with E-state index in [2.05, 4.69) is 30.1 Å². The summed E-state index contributed by atoms with van der Waals surface area (Å²) in [6.45, 7) is 5.37. The highest BCUT2D eigenvalue weighted by Crippen LogP contribution is 2.29. The van der Waals surface area contributed by atoms with Crippen LogP contribution < -0.4 is 10.5 Å². The van der Waals surface area contributed by atoms with E-state index in [1.807, 2.05) is 50.2 Å². The van der Waals surface area contributed by atoms with Crippen molar-refractivity contribution in [2.75, 3.05) is 25.6 Å². The topological polar surface area (TPSA) is 60.5 Å². The highest BCUT2D eigenvalue weighted by atomic mass is 16.5. The van der Waals surface area contributed by atoms with E-state index in [1.54, 1.807) is 29.1 Å². The number of rotatable bonds is 8. The van der Waals surface area contributed by atoms with E-state index in [1.165, 1.54) is 11.1 Å². The first-order chi connectivity index (χ1) is 15.9. The molecule has 0 fully saturated rings. The van der Waals surface area contributed by atoms with Crippen LogP contribution in [0.15, 0.2) is 76.2 Å². The second-order valence-corrected chi connectivity index (χ2v) is 8.23. The Balaban J connectivity index is 1.66. The molecule has 0 amide bonds. The molecular weight excluding hydrogens is 414 g/mol. The van der Waals surface area contributed by atoms with Gasteiger partial charge in [-0.2, -0.15) is 0 Å². The van der Waals surface area contributed by atoms with Crippen molar-refractivity contribution in [2.45, 2.75) is 26.9 Å². The third-order valence-electron chi connectivity index (χ3n) is 5.59. The van der Waals surface area contributed by atoms with E-state index in [0.29, 0.717) is 31.3 Å². The van der Waals surface area contributed by atoms with Gasteiger partial charge in [0.25, 0.3) is 5.56 Å². The van der Waals surface area contributed by atoms with Crippen LogP contribution >= 0.6 is 0 Å². The molecule has 0 aliphatic heterocycles. The molecule has 2 heterocycles. The normalized spacial score (nSPS) is 11.0. The van der Waals surface area contributed by atoms with E-state index < -0.39 is 0 Å². The molecule has 6 heteroatoms. The highest BCUT2D eigenvalue weighted by molar-refractivity contribution is 5.68. The van der Waals surface area contributed by atoms with Crippen LogP contribution in [0.4, 0.5) is 5.69 Å². The summed E-state index contributed by atoms with van der Waals surface area (Å²) in [5, 5.41) is 0. The number of aryl methyl sites for hydroxylation is 1. The molecule has 0 saturated carbocycles. The number of nitrogens with zero attached hydrogens (tertiary/aromatic N) is 3. The second-order valence-electron chi connectivity index (χ2n) is 8.23. The molecule has 0 saturated heterocycles. The summed E-state index contributed by atoms with van der Waals surface area (Å²) < 4.78 is 13.3. The Kier molecular flexibility index (Phi) is 6.75. The Hall–Kier alpha value is -3.64. The fourth-order valence-electron chi connectivity index (χ4n) is 3.69. The Bertz CT molecular complexity index is 1300. The highest BCUT2D eigenvalue weighted by Gasteiger charge is 2.13. The fraction of sp³-hybridized carbons (Fsp3) is 0.259. The monoisotopic (exact) mass is 443 g/mol. The average molecular weight is 444 g/mol. The number of pyridine rings is 1. The van der Waals surface area contributed by atoms with Crippen molar-refractivity contribution in [3.63, 3.8) is 0 Å². The lowest BCUT2D eigenvalue weighted by atomic mass is 10.0. The van der Waals surface area contributed by atoms with Gasteiger partial charge in [-0.05, 0) is 54.8 Å². The van der Waals surface area contributed by atoms with Crippen molar-refractivity contribution in [2.24, 2.45) is 0 Å². The molecule has 0 atom stereocenters.